The van der Waals surface area contributed by atoms with Crippen molar-refractivity contribution in [1.29, 1.82) is 0 Å². The summed E-state index contributed by atoms with van der Waals surface area (Å²) < 4.78 is 0.990. The number of rotatable bonds is 3. The maximum Gasteiger partial charge on any atom is 0.253 e. The van der Waals surface area contributed by atoms with Crippen molar-refractivity contribution in [2.45, 2.75) is 25.8 Å². The summed E-state index contributed by atoms with van der Waals surface area (Å²) in [4.78, 5) is 16.7. The second kappa shape index (κ2) is 6.06. The molecular formula is C15H21BrN2O. The minimum Gasteiger partial charge on any atom is -0.340 e. The first-order chi connectivity index (χ1) is 9.00. The van der Waals surface area contributed by atoms with E-state index in [2.05, 4.69) is 27.9 Å². The van der Waals surface area contributed by atoms with Crippen LogP contribution in [0.25, 0.3) is 0 Å². The molecule has 0 saturated carbocycles. The van der Waals surface area contributed by atoms with Gasteiger partial charge in [-0.05, 0) is 51.1 Å². The molecule has 0 aliphatic carbocycles. The number of carbonyl (C=O) groups excluding carboxylic acids is 1. The summed E-state index contributed by atoms with van der Waals surface area (Å²) in [6, 6.07) is 6.29. The molecule has 1 atom stereocenters. The molecule has 1 aromatic rings. The molecular weight excluding hydrogens is 304 g/mol. The Bertz CT molecular complexity index is 475. The highest BCUT2D eigenvalue weighted by molar-refractivity contribution is 9.10. The van der Waals surface area contributed by atoms with E-state index >= 15 is 0 Å². The van der Waals surface area contributed by atoms with E-state index in [0.29, 0.717) is 6.04 Å². The average molecular weight is 325 g/mol. The maximum absolute atomic E-state index is 12.5. The molecule has 0 aromatic heterocycles. The molecule has 0 spiro atoms. The smallest absolute Gasteiger partial charge is 0.253 e. The number of amides is 1. The maximum atomic E-state index is 12.5. The van der Waals surface area contributed by atoms with Gasteiger partial charge < -0.3 is 9.80 Å². The van der Waals surface area contributed by atoms with Crippen molar-refractivity contribution in [1.82, 2.24) is 9.80 Å². The summed E-state index contributed by atoms with van der Waals surface area (Å²) in [7, 11) is 4.04. The van der Waals surface area contributed by atoms with Gasteiger partial charge in [-0.1, -0.05) is 22.0 Å². The highest BCUT2D eigenvalue weighted by Crippen LogP contribution is 2.21. The highest BCUT2D eigenvalue weighted by Gasteiger charge is 2.24. The van der Waals surface area contributed by atoms with Crippen molar-refractivity contribution in [3.63, 3.8) is 0 Å². The molecule has 1 aliphatic heterocycles. The van der Waals surface area contributed by atoms with Crippen LogP contribution in [-0.4, -0.2) is 48.9 Å². The van der Waals surface area contributed by atoms with Gasteiger partial charge in [0, 0.05) is 29.7 Å². The Balaban J connectivity index is 2.08. The standard InChI is InChI=1S/C15H21BrN2O/c1-11-13(7-4-8-14(11)16)15(19)18(3)10-12-6-5-9-17(12)2/h4,7-8,12H,5-6,9-10H2,1-3H3. The summed E-state index contributed by atoms with van der Waals surface area (Å²) >= 11 is 3.48. The van der Waals surface area contributed by atoms with Gasteiger partial charge in [0.05, 0.1) is 0 Å². The van der Waals surface area contributed by atoms with Crippen molar-refractivity contribution in [3.8, 4) is 0 Å². The number of nitrogens with zero attached hydrogens (tertiary/aromatic N) is 2. The Kier molecular flexibility index (Phi) is 4.63. The minimum atomic E-state index is 0.110. The monoisotopic (exact) mass is 324 g/mol. The number of benzene rings is 1. The third-order valence-electron chi connectivity index (χ3n) is 4.00. The molecule has 4 heteroatoms. The summed E-state index contributed by atoms with van der Waals surface area (Å²) in [6.45, 7) is 3.93. The van der Waals surface area contributed by atoms with Crippen molar-refractivity contribution in [2.24, 2.45) is 0 Å². The van der Waals surface area contributed by atoms with Gasteiger partial charge in [0.1, 0.15) is 0 Å². The van der Waals surface area contributed by atoms with Crippen molar-refractivity contribution in [2.75, 3.05) is 27.2 Å². The summed E-state index contributed by atoms with van der Waals surface area (Å²) in [6.07, 6.45) is 2.42. The Morgan fingerprint density at radius 3 is 2.89 bits per heavy atom. The van der Waals surface area contributed by atoms with Gasteiger partial charge in [-0.3, -0.25) is 4.79 Å². The average Bonchev–Trinajstić information content (AvgIpc) is 2.77. The van der Waals surface area contributed by atoms with Crippen LogP contribution in [0.1, 0.15) is 28.8 Å². The van der Waals surface area contributed by atoms with Gasteiger partial charge in [0.25, 0.3) is 5.91 Å². The highest BCUT2D eigenvalue weighted by atomic mass is 79.9. The predicted octanol–water partition coefficient (Wildman–Crippen LogP) is 2.92. The first kappa shape index (κ1) is 14.5. The van der Waals surface area contributed by atoms with Crippen LogP contribution in [0.4, 0.5) is 0 Å². The van der Waals surface area contributed by atoms with Crippen LogP contribution in [0.5, 0.6) is 0 Å². The summed E-state index contributed by atoms with van der Waals surface area (Å²) in [5.41, 5.74) is 1.80. The van der Waals surface area contributed by atoms with Gasteiger partial charge in [-0.25, -0.2) is 0 Å². The second-order valence-electron chi connectivity index (χ2n) is 5.37. The third kappa shape index (κ3) is 3.18. The number of hydrogen-bond donors (Lipinski definition) is 0. The molecule has 3 nitrogen and oxygen atoms in total. The van der Waals surface area contributed by atoms with Crippen molar-refractivity contribution in [3.05, 3.63) is 33.8 Å². The molecule has 1 saturated heterocycles. The zero-order valence-corrected chi connectivity index (χ0v) is 13.4. The quantitative estimate of drug-likeness (QED) is 0.853. The normalized spacial score (nSPS) is 19.7. The van der Waals surface area contributed by atoms with E-state index in [1.165, 1.54) is 12.8 Å². The number of likely N-dealkylation sites (tertiary alicyclic amines) is 1. The van der Waals surface area contributed by atoms with E-state index in [1.807, 2.05) is 37.1 Å². The van der Waals surface area contributed by atoms with Crippen LogP contribution < -0.4 is 0 Å². The van der Waals surface area contributed by atoms with Gasteiger partial charge in [0.2, 0.25) is 0 Å². The molecule has 1 heterocycles. The van der Waals surface area contributed by atoms with Crippen LogP contribution in [0.15, 0.2) is 22.7 Å². The van der Waals surface area contributed by atoms with Gasteiger partial charge in [-0.15, -0.1) is 0 Å². The van der Waals surface area contributed by atoms with Crippen LogP contribution >= 0.6 is 15.9 Å². The fourth-order valence-corrected chi connectivity index (χ4v) is 3.02. The topological polar surface area (TPSA) is 23.6 Å². The van der Waals surface area contributed by atoms with Crippen molar-refractivity contribution >= 4 is 21.8 Å². The van der Waals surface area contributed by atoms with Crippen LogP contribution in [-0.2, 0) is 0 Å². The molecule has 0 bridgehead atoms. The summed E-state index contributed by atoms with van der Waals surface area (Å²) in [5.74, 6) is 0.110. The lowest BCUT2D eigenvalue weighted by Gasteiger charge is -2.26. The Morgan fingerprint density at radius 2 is 2.26 bits per heavy atom. The first-order valence-electron chi connectivity index (χ1n) is 6.71. The molecule has 19 heavy (non-hydrogen) atoms. The number of likely N-dealkylation sites (N-methyl/N-ethyl adjacent to an activating group) is 2. The zero-order valence-electron chi connectivity index (χ0n) is 11.8. The van der Waals surface area contributed by atoms with Crippen molar-refractivity contribution < 1.29 is 4.79 Å². The van der Waals surface area contributed by atoms with E-state index in [-0.39, 0.29) is 5.91 Å². The molecule has 1 aliphatic rings. The minimum absolute atomic E-state index is 0.110. The van der Waals surface area contributed by atoms with E-state index in [9.17, 15) is 4.79 Å². The van der Waals surface area contributed by atoms with Crippen LogP contribution in [0.3, 0.4) is 0 Å². The molecule has 1 aromatic carbocycles. The fourth-order valence-electron chi connectivity index (χ4n) is 2.65. The third-order valence-corrected chi connectivity index (χ3v) is 4.86. The number of halogens is 1. The molecule has 0 radical (unpaired) electrons. The summed E-state index contributed by atoms with van der Waals surface area (Å²) in [5, 5.41) is 0. The lowest BCUT2D eigenvalue weighted by Crippen LogP contribution is -2.39. The van der Waals surface area contributed by atoms with Gasteiger partial charge in [-0.2, -0.15) is 0 Å². The zero-order chi connectivity index (χ0) is 14.0. The Hall–Kier alpha value is -0.870. The van der Waals surface area contributed by atoms with E-state index in [4.69, 9.17) is 0 Å². The fraction of sp³-hybridized carbons (Fsp3) is 0.533. The van der Waals surface area contributed by atoms with Crippen LogP contribution in [0, 0.1) is 6.92 Å². The molecule has 2 rings (SSSR count). The second-order valence-corrected chi connectivity index (χ2v) is 6.23. The van der Waals surface area contributed by atoms with E-state index in [0.717, 1.165) is 28.7 Å². The molecule has 0 N–H and O–H groups in total. The largest absolute Gasteiger partial charge is 0.340 e. The SMILES string of the molecule is Cc1c(Br)cccc1C(=O)N(C)CC1CCCN1C. The Morgan fingerprint density at radius 1 is 1.53 bits per heavy atom. The molecule has 104 valence electrons. The molecule has 1 amide bonds. The van der Waals surface area contributed by atoms with Gasteiger partial charge >= 0.3 is 0 Å². The lowest BCUT2D eigenvalue weighted by atomic mass is 10.1. The molecule has 1 fully saturated rings. The van der Waals surface area contributed by atoms with E-state index < -0.39 is 0 Å². The van der Waals surface area contributed by atoms with Crippen LogP contribution in [0.2, 0.25) is 0 Å². The predicted molar refractivity (Wildman–Crippen MR) is 81.5 cm³/mol. The first-order valence-corrected chi connectivity index (χ1v) is 7.51. The number of carbonyl (C=O) groups is 1. The Labute approximate surface area is 123 Å². The van der Waals surface area contributed by atoms with Gasteiger partial charge in [0.15, 0.2) is 0 Å². The molecule has 1 unspecified atom stereocenters. The lowest BCUT2D eigenvalue weighted by molar-refractivity contribution is 0.0760. The number of hydrogen-bond acceptors (Lipinski definition) is 2. The van der Waals surface area contributed by atoms with E-state index in [1.54, 1.807) is 0 Å².